The van der Waals surface area contributed by atoms with Crippen LogP contribution in [0.5, 0.6) is 0 Å². The molecule has 0 spiro atoms. The van der Waals surface area contributed by atoms with Gasteiger partial charge in [-0.05, 0) is 27.8 Å². The fourth-order valence-electron chi connectivity index (χ4n) is 3.30. The summed E-state index contributed by atoms with van der Waals surface area (Å²) in [6, 6.07) is 8.59. The molecule has 128 valence electrons. The molecule has 1 N–H and O–H groups in total. The first-order valence-electron chi connectivity index (χ1n) is 7.93. The first kappa shape index (κ1) is 16.8. The molecule has 3 nitrogen and oxygen atoms in total. The van der Waals surface area contributed by atoms with Crippen molar-refractivity contribution in [3.8, 4) is 0 Å². The van der Waals surface area contributed by atoms with E-state index >= 15 is 0 Å². The molecule has 1 amide bonds. The first-order valence-corrected chi connectivity index (χ1v) is 7.93. The minimum Gasteiger partial charge on any atom is -0.288 e. The van der Waals surface area contributed by atoms with Gasteiger partial charge in [-0.2, -0.15) is 13.2 Å². The second-order valence-electron chi connectivity index (χ2n) is 6.37. The molecule has 2 aromatic rings. The van der Waals surface area contributed by atoms with E-state index in [2.05, 4.69) is 5.43 Å². The molecular weight excluding hydrogens is 317 g/mol. The summed E-state index contributed by atoms with van der Waals surface area (Å²) in [4.78, 5) is 11.4. The molecule has 0 saturated carbocycles. The number of halogens is 3. The quantitative estimate of drug-likeness (QED) is 0.906. The van der Waals surface area contributed by atoms with Crippen molar-refractivity contribution in [2.75, 3.05) is 6.54 Å². The number of carbonyl (C=O) groups excluding carboxylic acids is 1. The Balaban J connectivity index is 2.18. The summed E-state index contributed by atoms with van der Waals surface area (Å²) in [5, 5.41) is 2.40. The van der Waals surface area contributed by atoms with Crippen LogP contribution >= 0.6 is 0 Å². The van der Waals surface area contributed by atoms with Gasteiger partial charge in [0.2, 0.25) is 5.91 Å². The average Bonchev–Trinajstić information content (AvgIpc) is 2.92. The summed E-state index contributed by atoms with van der Waals surface area (Å²) in [5.74, 6) is -0.174. The topological polar surface area (TPSA) is 32.3 Å². The van der Waals surface area contributed by atoms with Gasteiger partial charge < -0.3 is 0 Å². The summed E-state index contributed by atoms with van der Waals surface area (Å²) in [6.07, 6.45) is -4.41. The Morgan fingerprint density at radius 2 is 1.62 bits per heavy atom. The molecule has 0 unspecified atom stereocenters. The Hall–Kier alpha value is -2.08. The molecule has 0 radical (unpaired) electrons. The van der Waals surface area contributed by atoms with Gasteiger partial charge in [0, 0.05) is 13.0 Å². The number of alkyl halides is 3. The third-order valence-corrected chi connectivity index (χ3v) is 4.38. The van der Waals surface area contributed by atoms with Crippen molar-refractivity contribution in [2.24, 2.45) is 0 Å². The highest BCUT2D eigenvalue weighted by Gasteiger charge is 2.47. The van der Waals surface area contributed by atoms with E-state index in [9.17, 15) is 18.0 Å². The zero-order valence-corrected chi connectivity index (χ0v) is 13.5. The van der Waals surface area contributed by atoms with E-state index in [1.807, 2.05) is 26.0 Å². The highest BCUT2D eigenvalue weighted by atomic mass is 19.4. The number of rotatable bonds is 3. The van der Waals surface area contributed by atoms with Crippen LogP contribution in [0.2, 0.25) is 0 Å². The number of benzene rings is 2. The van der Waals surface area contributed by atoms with E-state index in [0.29, 0.717) is 5.39 Å². The molecule has 1 heterocycles. The van der Waals surface area contributed by atoms with E-state index in [1.54, 1.807) is 24.3 Å². The number of hydrazine groups is 1. The minimum absolute atomic E-state index is 0.0449. The number of fused-ring (bicyclic) bond motifs is 1. The van der Waals surface area contributed by atoms with Gasteiger partial charge >= 0.3 is 6.18 Å². The summed E-state index contributed by atoms with van der Waals surface area (Å²) in [5.41, 5.74) is 3.52. The maximum atomic E-state index is 13.8. The van der Waals surface area contributed by atoms with E-state index in [1.165, 1.54) is 0 Å². The van der Waals surface area contributed by atoms with Crippen LogP contribution in [0, 0.1) is 0 Å². The predicted molar refractivity (Wildman–Crippen MR) is 86.3 cm³/mol. The average molecular weight is 336 g/mol. The fraction of sp³-hybridized carbons (Fsp3) is 0.389. The Bertz CT molecular complexity index is 770. The molecule has 2 aromatic carbocycles. The molecule has 1 aliphatic rings. The van der Waals surface area contributed by atoms with Crippen LogP contribution in [0.25, 0.3) is 10.8 Å². The lowest BCUT2D eigenvalue weighted by molar-refractivity contribution is -0.190. The molecule has 6 heteroatoms. The van der Waals surface area contributed by atoms with Gasteiger partial charge in [-0.15, -0.1) is 0 Å². The van der Waals surface area contributed by atoms with Crippen molar-refractivity contribution in [2.45, 2.75) is 38.4 Å². The largest absolute Gasteiger partial charge is 0.409 e. The van der Waals surface area contributed by atoms with Crippen LogP contribution in [0.4, 0.5) is 13.2 Å². The number of nitrogens with zero attached hydrogens (tertiary/aromatic N) is 1. The van der Waals surface area contributed by atoms with Gasteiger partial charge in [0.25, 0.3) is 0 Å². The van der Waals surface area contributed by atoms with Crippen LogP contribution in [0.1, 0.15) is 43.4 Å². The van der Waals surface area contributed by atoms with Gasteiger partial charge in [0.1, 0.15) is 0 Å². The second kappa shape index (κ2) is 6.09. The Labute approximate surface area is 138 Å². The zero-order valence-electron chi connectivity index (χ0n) is 13.5. The lowest BCUT2D eigenvalue weighted by Gasteiger charge is -2.30. The number of amides is 1. The van der Waals surface area contributed by atoms with E-state index in [-0.39, 0.29) is 30.4 Å². The van der Waals surface area contributed by atoms with Crippen molar-refractivity contribution in [3.05, 3.63) is 47.5 Å². The minimum atomic E-state index is -4.49. The van der Waals surface area contributed by atoms with Crippen LogP contribution in [0.15, 0.2) is 36.4 Å². The Morgan fingerprint density at radius 3 is 2.12 bits per heavy atom. The summed E-state index contributed by atoms with van der Waals surface area (Å²) >= 11 is 0. The maximum absolute atomic E-state index is 13.8. The second-order valence-corrected chi connectivity index (χ2v) is 6.37. The van der Waals surface area contributed by atoms with Crippen LogP contribution < -0.4 is 5.43 Å². The molecule has 0 aromatic heterocycles. The normalized spacial score (nSPS) is 17.5. The van der Waals surface area contributed by atoms with Crippen molar-refractivity contribution in [1.82, 2.24) is 10.4 Å². The molecule has 1 aliphatic heterocycles. The summed E-state index contributed by atoms with van der Waals surface area (Å²) in [6.45, 7) is 4.08. The fourth-order valence-corrected chi connectivity index (χ4v) is 3.30. The molecule has 1 fully saturated rings. The van der Waals surface area contributed by atoms with Crippen molar-refractivity contribution < 1.29 is 18.0 Å². The van der Waals surface area contributed by atoms with Crippen molar-refractivity contribution in [1.29, 1.82) is 0 Å². The Morgan fingerprint density at radius 1 is 1.04 bits per heavy atom. The van der Waals surface area contributed by atoms with Gasteiger partial charge in [0.05, 0.1) is 0 Å². The standard InChI is InChI=1S/C18H19F3N2O/c1-11(2)12-7-8-15(14-6-4-3-5-13(12)14)17(18(19,20)21)23-10-9-16(24)22-23/h3-8,11,17H,9-10H2,1-2H3,(H,22,24)/t17-/m0/s1. The van der Waals surface area contributed by atoms with Gasteiger partial charge in [0.15, 0.2) is 6.04 Å². The monoisotopic (exact) mass is 336 g/mol. The van der Waals surface area contributed by atoms with E-state index in [0.717, 1.165) is 16.0 Å². The highest BCUT2D eigenvalue weighted by molar-refractivity contribution is 5.89. The number of nitrogens with one attached hydrogen (secondary N) is 1. The molecular formula is C18H19F3N2O. The predicted octanol–water partition coefficient (Wildman–Crippen LogP) is 4.30. The first-order chi connectivity index (χ1) is 11.3. The smallest absolute Gasteiger partial charge is 0.288 e. The third-order valence-electron chi connectivity index (χ3n) is 4.38. The summed E-state index contributed by atoms with van der Waals surface area (Å²) in [7, 11) is 0. The highest BCUT2D eigenvalue weighted by Crippen LogP contribution is 2.42. The molecule has 0 aliphatic carbocycles. The van der Waals surface area contributed by atoms with Crippen LogP contribution in [-0.2, 0) is 4.79 Å². The molecule has 3 rings (SSSR count). The zero-order chi connectivity index (χ0) is 17.5. The lowest BCUT2D eigenvalue weighted by atomic mass is 9.90. The van der Waals surface area contributed by atoms with Crippen molar-refractivity contribution >= 4 is 16.7 Å². The molecule has 24 heavy (non-hydrogen) atoms. The van der Waals surface area contributed by atoms with Crippen molar-refractivity contribution in [3.63, 3.8) is 0 Å². The number of hydrogen-bond acceptors (Lipinski definition) is 2. The molecule has 1 saturated heterocycles. The number of carbonyl (C=O) groups is 1. The number of hydrogen-bond donors (Lipinski definition) is 1. The molecule has 1 atom stereocenters. The molecule has 0 bridgehead atoms. The maximum Gasteiger partial charge on any atom is 0.409 e. The third kappa shape index (κ3) is 2.98. The lowest BCUT2D eigenvalue weighted by Crippen LogP contribution is -2.43. The van der Waals surface area contributed by atoms with Gasteiger partial charge in [-0.3, -0.25) is 10.2 Å². The van der Waals surface area contributed by atoms with Gasteiger partial charge in [-0.1, -0.05) is 50.2 Å². The summed E-state index contributed by atoms with van der Waals surface area (Å²) < 4.78 is 41.3. The van der Waals surface area contributed by atoms with Crippen LogP contribution in [0.3, 0.4) is 0 Å². The van der Waals surface area contributed by atoms with E-state index in [4.69, 9.17) is 0 Å². The van der Waals surface area contributed by atoms with E-state index < -0.39 is 12.2 Å². The van der Waals surface area contributed by atoms with Crippen LogP contribution in [-0.4, -0.2) is 23.6 Å². The SMILES string of the molecule is CC(C)c1ccc([C@H](N2CCC(=O)N2)C(F)(F)F)c2ccccc12. The van der Waals surface area contributed by atoms with Gasteiger partial charge in [-0.25, -0.2) is 5.01 Å². The Kier molecular flexibility index (Phi) is 4.25.